The van der Waals surface area contributed by atoms with Gasteiger partial charge in [0.15, 0.2) is 5.82 Å². The maximum atomic E-state index is 6.16. The van der Waals surface area contributed by atoms with E-state index in [1.807, 2.05) is 36.6 Å². The molecular weight excluding hydrogens is 392 g/mol. The number of nitrogens with two attached hydrogens (primary N) is 1. The molecule has 1 aromatic carbocycles. The van der Waals surface area contributed by atoms with Gasteiger partial charge in [0.25, 0.3) is 5.89 Å². The molecule has 0 fully saturated rings. The van der Waals surface area contributed by atoms with E-state index in [1.54, 1.807) is 23.5 Å². The molecule has 0 radical (unpaired) electrons. The first-order valence-electron chi connectivity index (χ1n) is 7.62. The number of nitrogen functional groups attached to an aromatic ring is 1. The lowest BCUT2D eigenvalue weighted by atomic mass is 10.2. The largest absolute Gasteiger partial charge is 0.419 e. The molecule has 4 rings (SSSR count). The summed E-state index contributed by atoms with van der Waals surface area (Å²) in [5.41, 5.74) is 0.796. The Balaban J connectivity index is 1.54. The summed E-state index contributed by atoms with van der Waals surface area (Å²) in [6, 6.07) is 11.2. The first-order chi connectivity index (χ1) is 12.6. The van der Waals surface area contributed by atoms with Crippen LogP contribution in [0.5, 0.6) is 0 Å². The fourth-order valence-electron chi connectivity index (χ4n) is 2.29. The highest BCUT2D eigenvalue weighted by Gasteiger charge is 2.21. The minimum atomic E-state index is -0.130. The Labute approximate surface area is 162 Å². The van der Waals surface area contributed by atoms with E-state index in [2.05, 4.69) is 20.4 Å². The van der Waals surface area contributed by atoms with Gasteiger partial charge < -0.3 is 10.3 Å². The molecule has 26 heavy (non-hydrogen) atoms. The van der Waals surface area contributed by atoms with Crippen molar-refractivity contribution >= 4 is 34.7 Å². The molecule has 0 unspecified atom stereocenters. The van der Waals surface area contributed by atoms with Crippen molar-refractivity contribution in [3.05, 3.63) is 52.7 Å². The van der Waals surface area contributed by atoms with Crippen molar-refractivity contribution in [2.24, 2.45) is 0 Å². The molecule has 3 heterocycles. The van der Waals surface area contributed by atoms with Gasteiger partial charge in [0, 0.05) is 10.6 Å². The van der Waals surface area contributed by atoms with Crippen molar-refractivity contribution in [3.8, 4) is 22.2 Å². The van der Waals surface area contributed by atoms with Crippen molar-refractivity contribution < 1.29 is 4.42 Å². The summed E-state index contributed by atoms with van der Waals surface area (Å²) in [4.78, 5) is 0.936. The van der Waals surface area contributed by atoms with Gasteiger partial charge in [-0.3, -0.25) is 0 Å². The lowest BCUT2D eigenvalue weighted by Gasteiger charge is -2.07. The van der Waals surface area contributed by atoms with Crippen molar-refractivity contribution in [3.63, 3.8) is 0 Å². The second kappa shape index (κ2) is 7.10. The van der Waals surface area contributed by atoms with Crippen molar-refractivity contribution in [1.29, 1.82) is 0 Å². The van der Waals surface area contributed by atoms with E-state index in [1.165, 1.54) is 16.4 Å². The number of hydrogen-bond acceptors (Lipinski definition) is 8. The molecule has 0 saturated carbocycles. The second-order valence-electron chi connectivity index (χ2n) is 5.37. The highest BCUT2D eigenvalue weighted by atomic mass is 35.5. The van der Waals surface area contributed by atoms with E-state index >= 15 is 0 Å². The van der Waals surface area contributed by atoms with Crippen LogP contribution in [0, 0.1) is 0 Å². The summed E-state index contributed by atoms with van der Waals surface area (Å²) < 4.78 is 7.19. The number of hydrogen-bond donors (Lipinski definition) is 1. The van der Waals surface area contributed by atoms with Crippen LogP contribution in [0.25, 0.3) is 22.2 Å². The van der Waals surface area contributed by atoms with Crippen LogP contribution in [-0.2, 0) is 0 Å². The minimum Gasteiger partial charge on any atom is -0.419 e. The molecule has 1 atom stereocenters. The highest BCUT2D eigenvalue weighted by Crippen LogP contribution is 2.35. The predicted molar refractivity (Wildman–Crippen MR) is 103 cm³/mol. The molecule has 2 N–H and O–H groups in total. The van der Waals surface area contributed by atoms with E-state index < -0.39 is 0 Å². The number of benzene rings is 1. The van der Waals surface area contributed by atoms with Gasteiger partial charge in [-0.1, -0.05) is 41.6 Å². The SMILES string of the molecule is C[C@H](Sc1nnc(-c2cccc(Cl)c2)n1N)c1nnc(-c2cccs2)o1. The van der Waals surface area contributed by atoms with Gasteiger partial charge in [-0.2, -0.15) is 0 Å². The summed E-state index contributed by atoms with van der Waals surface area (Å²) in [6.45, 7) is 1.95. The van der Waals surface area contributed by atoms with Crippen LogP contribution in [-0.4, -0.2) is 25.1 Å². The van der Waals surface area contributed by atoms with E-state index in [0.29, 0.717) is 27.8 Å². The van der Waals surface area contributed by atoms with Crippen molar-refractivity contribution in [2.45, 2.75) is 17.3 Å². The fourth-order valence-corrected chi connectivity index (χ4v) is 3.92. The van der Waals surface area contributed by atoms with Gasteiger partial charge in [-0.05, 0) is 30.5 Å². The molecule has 7 nitrogen and oxygen atoms in total. The molecule has 4 aromatic rings. The van der Waals surface area contributed by atoms with Gasteiger partial charge in [0.05, 0.1) is 10.1 Å². The van der Waals surface area contributed by atoms with Crippen molar-refractivity contribution in [1.82, 2.24) is 25.1 Å². The topological polar surface area (TPSA) is 95.7 Å². The zero-order valence-corrected chi connectivity index (χ0v) is 15.9. The van der Waals surface area contributed by atoms with Crippen LogP contribution in [0.4, 0.5) is 0 Å². The van der Waals surface area contributed by atoms with Crippen LogP contribution in [0.2, 0.25) is 5.02 Å². The van der Waals surface area contributed by atoms with E-state index in [-0.39, 0.29) is 5.25 Å². The van der Waals surface area contributed by atoms with Crippen LogP contribution < -0.4 is 5.84 Å². The highest BCUT2D eigenvalue weighted by molar-refractivity contribution is 7.99. The number of aromatic nitrogens is 5. The Kier molecular flexibility index (Phi) is 4.66. The minimum absolute atomic E-state index is 0.130. The third kappa shape index (κ3) is 3.33. The summed E-state index contributed by atoms with van der Waals surface area (Å²) in [7, 11) is 0. The van der Waals surface area contributed by atoms with E-state index in [0.717, 1.165) is 10.4 Å². The number of rotatable bonds is 5. The van der Waals surface area contributed by atoms with E-state index in [4.69, 9.17) is 21.9 Å². The first-order valence-corrected chi connectivity index (χ1v) is 9.76. The summed E-state index contributed by atoms with van der Waals surface area (Å²) in [5, 5.41) is 19.5. The molecular formula is C16H13ClN6OS2. The van der Waals surface area contributed by atoms with Gasteiger partial charge in [0.2, 0.25) is 11.0 Å². The van der Waals surface area contributed by atoms with Gasteiger partial charge >= 0.3 is 0 Å². The Hall–Kier alpha value is -2.36. The quantitative estimate of drug-likeness (QED) is 0.391. The molecule has 0 spiro atoms. The maximum absolute atomic E-state index is 6.16. The number of thiophene rings is 1. The van der Waals surface area contributed by atoms with Crippen LogP contribution in [0.1, 0.15) is 18.1 Å². The molecule has 3 aromatic heterocycles. The molecule has 10 heteroatoms. The Morgan fingerprint density at radius 1 is 1.19 bits per heavy atom. The lowest BCUT2D eigenvalue weighted by Crippen LogP contribution is -2.12. The molecule has 0 aliphatic carbocycles. The summed E-state index contributed by atoms with van der Waals surface area (Å²) >= 11 is 8.97. The fraction of sp³-hybridized carbons (Fsp3) is 0.125. The summed E-state index contributed by atoms with van der Waals surface area (Å²) in [5.74, 6) is 7.71. The number of nitrogens with zero attached hydrogens (tertiary/aromatic N) is 5. The Morgan fingerprint density at radius 3 is 2.85 bits per heavy atom. The summed E-state index contributed by atoms with van der Waals surface area (Å²) in [6.07, 6.45) is 0. The molecule has 132 valence electrons. The molecule has 0 bridgehead atoms. The molecule has 0 aliphatic rings. The van der Waals surface area contributed by atoms with Crippen LogP contribution in [0.15, 0.2) is 51.4 Å². The van der Waals surface area contributed by atoms with Crippen molar-refractivity contribution in [2.75, 3.05) is 5.84 Å². The average molecular weight is 405 g/mol. The van der Waals surface area contributed by atoms with Gasteiger partial charge in [-0.25, -0.2) is 4.68 Å². The molecule has 0 aliphatic heterocycles. The first kappa shape index (κ1) is 17.1. The molecule has 0 amide bonds. The average Bonchev–Trinajstić information content (AvgIpc) is 3.36. The number of halogens is 1. The predicted octanol–water partition coefficient (Wildman–Crippen LogP) is 4.28. The standard InChI is InChI=1S/C16H13ClN6OS2/c1-9(14-20-21-15(24-14)12-6-3-7-25-12)26-16-22-19-13(23(16)18)10-4-2-5-11(17)8-10/h2-9H,18H2,1H3/t9-/m0/s1. The van der Waals surface area contributed by atoms with Gasteiger partial charge in [0.1, 0.15) is 0 Å². The molecule has 0 saturated heterocycles. The third-order valence-corrected chi connectivity index (χ3v) is 5.69. The normalized spacial score (nSPS) is 12.4. The number of thioether (sulfide) groups is 1. The van der Waals surface area contributed by atoms with Gasteiger partial charge in [-0.15, -0.1) is 31.7 Å². The van der Waals surface area contributed by atoms with Crippen LogP contribution >= 0.6 is 34.7 Å². The third-order valence-electron chi connectivity index (χ3n) is 3.55. The maximum Gasteiger partial charge on any atom is 0.257 e. The smallest absolute Gasteiger partial charge is 0.257 e. The Bertz CT molecular complexity index is 1030. The lowest BCUT2D eigenvalue weighted by molar-refractivity contribution is 0.510. The monoisotopic (exact) mass is 404 g/mol. The van der Waals surface area contributed by atoms with Crippen LogP contribution in [0.3, 0.4) is 0 Å². The zero-order valence-electron chi connectivity index (χ0n) is 13.5. The zero-order chi connectivity index (χ0) is 18.1. The van der Waals surface area contributed by atoms with E-state index in [9.17, 15) is 0 Å². The second-order valence-corrected chi connectivity index (χ2v) is 8.06. The Morgan fingerprint density at radius 2 is 2.08 bits per heavy atom.